The number of thiophene rings is 1. The van der Waals surface area contributed by atoms with Gasteiger partial charge in [0.2, 0.25) is 0 Å². The number of rotatable bonds is 3. The van der Waals surface area contributed by atoms with E-state index in [-0.39, 0.29) is 5.56 Å². The van der Waals surface area contributed by atoms with Gasteiger partial charge in [-0.2, -0.15) is 0 Å². The molecule has 0 amide bonds. The van der Waals surface area contributed by atoms with Gasteiger partial charge in [0.05, 0.1) is 5.56 Å². The van der Waals surface area contributed by atoms with Gasteiger partial charge in [-0.25, -0.2) is 8.78 Å². The van der Waals surface area contributed by atoms with Crippen molar-refractivity contribution in [3.8, 4) is 32.7 Å². The first-order valence-electron chi connectivity index (χ1n) is 7.91. The largest absolute Gasteiger partial charge is 0.206 e. The zero-order valence-electron chi connectivity index (χ0n) is 13.2. The van der Waals surface area contributed by atoms with Crippen LogP contribution < -0.4 is 0 Å². The molecule has 0 spiro atoms. The zero-order valence-corrected chi connectivity index (χ0v) is 14.1. The molecule has 1 aromatic heterocycles. The summed E-state index contributed by atoms with van der Waals surface area (Å²) in [6.07, 6.45) is 0. The lowest BCUT2D eigenvalue weighted by molar-refractivity contribution is 0.591. The van der Waals surface area contributed by atoms with E-state index in [9.17, 15) is 8.78 Å². The molecule has 0 saturated heterocycles. The Labute approximate surface area is 149 Å². The minimum atomic E-state index is -0.537. The molecule has 0 radical (unpaired) electrons. The molecule has 3 heteroatoms. The monoisotopic (exact) mass is 348 g/mol. The molecule has 0 unspecified atom stereocenters. The van der Waals surface area contributed by atoms with Crippen LogP contribution in [0, 0.1) is 11.6 Å². The average Bonchev–Trinajstić information content (AvgIpc) is 3.16. The van der Waals surface area contributed by atoms with E-state index in [1.807, 2.05) is 60.0 Å². The lowest BCUT2D eigenvalue weighted by Crippen LogP contribution is -1.91. The summed E-state index contributed by atoms with van der Waals surface area (Å²) >= 11 is 1.33. The van der Waals surface area contributed by atoms with Gasteiger partial charge in [0.1, 0.15) is 11.6 Å². The van der Waals surface area contributed by atoms with Gasteiger partial charge < -0.3 is 0 Å². The summed E-state index contributed by atoms with van der Waals surface area (Å²) < 4.78 is 28.9. The molecule has 0 aliphatic carbocycles. The Bertz CT molecular complexity index is 965. The number of benzene rings is 3. The van der Waals surface area contributed by atoms with E-state index in [2.05, 4.69) is 0 Å². The highest BCUT2D eigenvalue weighted by Gasteiger charge is 2.15. The molecule has 0 saturated carbocycles. The first-order valence-corrected chi connectivity index (χ1v) is 8.79. The highest BCUT2D eigenvalue weighted by atomic mass is 32.1. The van der Waals surface area contributed by atoms with Crippen LogP contribution in [0.2, 0.25) is 0 Å². The first kappa shape index (κ1) is 15.7. The molecule has 0 bridgehead atoms. The Morgan fingerprint density at radius 3 is 1.68 bits per heavy atom. The molecule has 0 aliphatic heterocycles. The molecular weight excluding hydrogens is 334 g/mol. The van der Waals surface area contributed by atoms with Crippen LogP contribution in [0.4, 0.5) is 8.78 Å². The summed E-state index contributed by atoms with van der Waals surface area (Å²) in [5.74, 6) is -1.07. The molecule has 4 aromatic rings. The lowest BCUT2D eigenvalue weighted by atomic mass is 9.99. The molecule has 0 atom stereocenters. The second-order valence-electron chi connectivity index (χ2n) is 5.74. The van der Waals surface area contributed by atoms with Crippen molar-refractivity contribution >= 4 is 11.3 Å². The highest BCUT2D eigenvalue weighted by Crippen LogP contribution is 2.34. The molecular formula is C22H14F2S. The fourth-order valence-electron chi connectivity index (χ4n) is 2.88. The quantitative estimate of drug-likeness (QED) is 0.373. The van der Waals surface area contributed by atoms with Crippen molar-refractivity contribution in [2.45, 2.75) is 0 Å². The van der Waals surface area contributed by atoms with E-state index in [0.29, 0.717) is 10.4 Å². The van der Waals surface area contributed by atoms with E-state index >= 15 is 0 Å². The second-order valence-corrected chi connectivity index (χ2v) is 6.68. The van der Waals surface area contributed by atoms with Gasteiger partial charge in [0.15, 0.2) is 0 Å². The van der Waals surface area contributed by atoms with Gasteiger partial charge in [-0.05, 0) is 45.8 Å². The van der Waals surface area contributed by atoms with Gasteiger partial charge in [0.25, 0.3) is 0 Å². The van der Waals surface area contributed by atoms with Gasteiger partial charge in [-0.15, -0.1) is 11.3 Å². The van der Waals surface area contributed by atoms with Crippen LogP contribution in [0.25, 0.3) is 32.7 Å². The third kappa shape index (κ3) is 3.11. The fourth-order valence-corrected chi connectivity index (χ4v) is 3.66. The van der Waals surface area contributed by atoms with Crippen molar-refractivity contribution < 1.29 is 8.78 Å². The molecule has 0 N–H and O–H groups in total. The fraction of sp³-hybridized carbons (Fsp3) is 0. The van der Waals surface area contributed by atoms with Crippen molar-refractivity contribution in [2.24, 2.45) is 0 Å². The SMILES string of the molecule is Fc1cc(-c2ccc(-c3ccccc3)cc2)cc(F)c1-c1cccs1. The Hall–Kier alpha value is -2.78. The zero-order chi connectivity index (χ0) is 17.2. The van der Waals surface area contributed by atoms with Crippen molar-refractivity contribution in [1.29, 1.82) is 0 Å². The Balaban J connectivity index is 1.71. The van der Waals surface area contributed by atoms with Crippen LogP contribution in [-0.2, 0) is 0 Å². The van der Waals surface area contributed by atoms with Gasteiger partial charge in [-0.3, -0.25) is 0 Å². The maximum absolute atomic E-state index is 14.5. The van der Waals surface area contributed by atoms with Gasteiger partial charge in [0, 0.05) is 4.88 Å². The van der Waals surface area contributed by atoms with Gasteiger partial charge >= 0.3 is 0 Å². The molecule has 0 fully saturated rings. The van der Waals surface area contributed by atoms with Crippen LogP contribution in [0.3, 0.4) is 0 Å². The molecule has 122 valence electrons. The van der Waals surface area contributed by atoms with Crippen LogP contribution in [0.5, 0.6) is 0 Å². The molecule has 3 aromatic carbocycles. The molecule has 25 heavy (non-hydrogen) atoms. The molecule has 0 aliphatic rings. The van der Waals surface area contributed by atoms with E-state index in [1.165, 1.54) is 23.5 Å². The smallest absolute Gasteiger partial charge is 0.135 e. The third-order valence-electron chi connectivity index (χ3n) is 4.14. The summed E-state index contributed by atoms with van der Waals surface area (Å²) in [6, 6.07) is 24.0. The first-order chi connectivity index (χ1) is 12.2. The summed E-state index contributed by atoms with van der Waals surface area (Å²) in [5, 5.41) is 1.81. The lowest BCUT2D eigenvalue weighted by Gasteiger charge is -2.08. The minimum Gasteiger partial charge on any atom is -0.206 e. The average molecular weight is 348 g/mol. The Morgan fingerprint density at radius 1 is 0.560 bits per heavy atom. The van der Waals surface area contributed by atoms with Crippen molar-refractivity contribution in [2.75, 3.05) is 0 Å². The molecule has 0 nitrogen and oxygen atoms in total. The van der Waals surface area contributed by atoms with E-state index in [4.69, 9.17) is 0 Å². The molecule has 4 rings (SSSR count). The summed E-state index contributed by atoms with van der Waals surface area (Å²) in [4.78, 5) is 0.598. The van der Waals surface area contributed by atoms with E-state index < -0.39 is 11.6 Å². The summed E-state index contributed by atoms with van der Waals surface area (Å²) in [5.41, 5.74) is 3.55. The minimum absolute atomic E-state index is 0.0413. The van der Waals surface area contributed by atoms with Crippen molar-refractivity contribution in [1.82, 2.24) is 0 Å². The standard InChI is InChI=1S/C22H14F2S/c23-19-13-18(14-20(24)22(19)21-7-4-12-25-21)17-10-8-16(9-11-17)15-5-2-1-3-6-15/h1-14H. The van der Waals surface area contributed by atoms with Crippen LogP contribution >= 0.6 is 11.3 Å². The highest BCUT2D eigenvalue weighted by molar-refractivity contribution is 7.13. The van der Waals surface area contributed by atoms with E-state index in [1.54, 1.807) is 12.1 Å². The maximum atomic E-state index is 14.5. The van der Waals surface area contributed by atoms with Crippen LogP contribution in [-0.4, -0.2) is 0 Å². The Kier molecular flexibility index (Phi) is 4.16. The third-order valence-corrected chi connectivity index (χ3v) is 5.02. The van der Waals surface area contributed by atoms with Crippen LogP contribution in [0.1, 0.15) is 0 Å². The van der Waals surface area contributed by atoms with Crippen molar-refractivity contribution in [3.63, 3.8) is 0 Å². The predicted octanol–water partition coefficient (Wildman–Crippen LogP) is 7.03. The number of halogens is 2. The summed E-state index contributed by atoms with van der Waals surface area (Å²) in [6.45, 7) is 0. The second kappa shape index (κ2) is 6.61. The maximum Gasteiger partial charge on any atom is 0.135 e. The Morgan fingerprint density at radius 2 is 1.12 bits per heavy atom. The summed E-state index contributed by atoms with van der Waals surface area (Å²) in [7, 11) is 0. The van der Waals surface area contributed by atoms with Crippen molar-refractivity contribution in [3.05, 3.63) is 95.9 Å². The topological polar surface area (TPSA) is 0 Å². The normalized spacial score (nSPS) is 10.8. The van der Waals surface area contributed by atoms with Gasteiger partial charge in [-0.1, -0.05) is 60.7 Å². The number of hydrogen-bond acceptors (Lipinski definition) is 1. The van der Waals surface area contributed by atoms with E-state index in [0.717, 1.165) is 16.7 Å². The number of hydrogen-bond donors (Lipinski definition) is 0. The molecule has 1 heterocycles. The predicted molar refractivity (Wildman–Crippen MR) is 101 cm³/mol. The van der Waals surface area contributed by atoms with Crippen LogP contribution in [0.15, 0.2) is 84.2 Å².